The van der Waals surface area contributed by atoms with Crippen LogP contribution >= 0.6 is 15.9 Å². The van der Waals surface area contributed by atoms with Gasteiger partial charge in [0, 0.05) is 28.3 Å². The van der Waals surface area contributed by atoms with Crippen molar-refractivity contribution in [2.45, 2.75) is 62.4 Å². The second-order valence-corrected chi connectivity index (χ2v) is 11.5. The molecule has 2 aromatic rings. The normalized spacial score (nSPS) is 29.9. The van der Waals surface area contributed by atoms with Gasteiger partial charge in [0.1, 0.15) is 17.5 Å². The summed E-state index contributed by atoms with van der Waals surface area (Å²) >= 11 is 3.39. The van der Waals surface area contributed by atoms with Gasteiger partial charge in [0.05, 0.1) is 17.9 Å². The van der Waals surface area contributed by atoms with Gasteiger partial charge < -0.3 is 20.3 Å². The number of fused-ring (bicyclic) bond motifs is 1. The highest BCUT2D eigenvalue weighted by atomic mass is 79.9. The number of carbonyl (C=O) groups is 3. The van der Waals surface area contributed by atoms with Crippen LogP contribution in [0.25, 0.3) is 0 Å². The number of halogens is 2. The summed E-state index contributed by atoms with van der Waals surface area (Å²) in [6, 6.07) is 12.4. The number of nitrogens with one attached hydrogen (secondary N) is 2. The van der Waals surface area contributed by atoms with Gasteiger partial charge in [0.25, 0.3) is 0 Å². The molecule has 2 saturated heterocycles. The third-order valence-corrected chi connectivity index (χ3v) is 8.82. The van der Waals surface area contributed by atoms with E-state index in [9.17, 15) is 18.8 Å². The van der Waals surface area contributed by atoms with E-state index in [1.807, 2.05) is 12.1 Å². The zero-order valence-corrected chi connectivity index (χ0v) is 22.3. The zero-order chi connectivity index (χ0) is 26.4. The number of nitrogens with zero attached hydrogens (tertiary/aromatic N) is 1. The molecule has 1 aliphatic carbocycles. The lowest BCUT2D eigenvalue weighted by atomic mass is 9.74. The Bertz CT molecular complexity index is 1290. The molecule has 198 valence electrons. The molecule has 3 aliphatic heterocycles. The van der Waals surface area contributed by atoms with Crippen LogP contribution in [0, 0.1) is 17.7 Å². The number of carbonyl (C=O) groups excluding carboxylic acids is 3. The Hall–Kier alpha value is -3.04. The zero-order valence-electron chi connectivity index (χ0n) is 20.7. The molecule has 4 aliphatic rings. The van der Waals surface area contributed by atoms with Crippen LogP contribution in [0.3, 0.4) is 0 Å². The summed E-state index contributed by atoms with van der Waals surface area (Å²) < 4.78 is 21.9. The Kier molecular flexibility index (Phi) is 6.60. The van der Waals surface area contributed by atoms with Gasteiger partial charge in [-0.2, -0.15) is 0 Å². The quantitative estimate of drug-likeness (QED) is 0.497. The Labute approximate surface area is 228 Å². The van der Waals surface area contributed by atoms with Gasteiger partial charge >= 0.3 is 0 Å². The summed E-state index contributed by atoms with van der Waals surface area (Å²) in [7, 11) is 0. The van der Waals surface area contributed by atoms with E-state index in [0.29, 0.717) is 11.3 Å². The number of hydrogen-bond acceptors (Lipinski definition) is 4. The standard InChI is InChI=1S/C29H29BrFN3O4/c30-18-10-12-20(13-11-18)32-26(35)23-22-14-15-29(38-22)24(23)28(37)34(16-17-6-4-5-9-21(17)31)25(29)27(36)33-19-7-2-1-3-8-19/h4-6,9-15,19,22-25H,1-3,7-8,16H2,(H,32,35)(H,33,36)/t22-,23+,24-,25+,29-/m1/s1. The van der Waals surface area contributed by atoms with Crippen LogP contribution in [-0.4, -0.2) is 46.4 Å². The van der Waals surface area contributed by atoms with E-state index < -0.39 is 35.4 Å². The molecule has 2 bridgehead atoms. The Morgan fingerprint density at radius 3 is 2.53 bits per heavy atom. The first-order chi connectivity index (χ1) is 18.4. The van der Waals surface area contributed by atoms with E-state index in [1.54, 1.807) is 42.5 Å². The van der Waals surface area contributed by atoms with Crippen molar-refractivity contribution < 1.29 is 23.5 Å². The summed E-state index contributed by atoms with van der Waals surface area (Å²) in [4.78, 5) is 42.8. The lowest BCUT2D eigenvalue weighted by Gasteiger charge is -2.34. The molecule has 0 aromatic heterocycles. The van der Waals surface area contributed by atoms with Crippen molar-refractivity contribution in [2.75, 3.05) is 5.32 Å². The molecule has 0 radical (unpaired) electrons. The third-order valence-electron chi connectivity index (χ3n) is 8.29. The molecule has 6 rings (SSSR count). The van der Waals surface area contributed by atoms with Crippen LogP contribution in [0.15, 0.2) is 65.2 Å². The van der Waals surface area contributed by atoms with E-state index in [-0.39, 0.29) is 30.3 Å². The molecule has 2 N–H and O–H groups in total. The smallest absolute Gasteiger partial charge is 0.246 e. The summed E-state index contributed by atoms with van der Waals surface area (Å²) in [5, 5.41) is 6.05. The number of hydrogen-bond donors (Lipinski definition) is 2. The van der Waals surface area contributed by atoms with Crippen molar-refractivity contribution in [1.82, 2.24) is 10.2 Å². The monoisotopic (exact) mass is 581 g/mol. The molecule has 0 unspecified atom stereocenters. The average Bonchev–Trinajstić information content (AvgIpc) is 3.55. The predicted molar refractivity (Wildman–Crippen MR) is 142 cm³/mol. The van der Waals surface area contributed by atoms with Gasteiger partial charge in [-0.15, -0.1) is 0 Å². The molecule has 3 amide bonds. The van der Waals surface area contributed by atoms with Crippen LogP contribution in [-0.2, 0) is 25.7 Å². The molecule has 38 heavy (non-hydrogen) atoms. The number of rotatable bonds is 6. The minimum atomic E-state index is -1.28. The Morgan fingerprint density at radius 2 is 1.79 bits per heavy atom. The molecule has 1 saturated carbocycles. The van der Waals surface area contributed by atoms with Gasteiger partial charge in [0.15, 0.2) is 0 Å². The van der Waals surface area contributed by atoms with Gasteiger partial charge in [-0.1, -0.05) is 65.5 Å². The summed E-state index contributed by atoms with van der Waals surface area (Å²) in [5.41, 5.74) is -0.380. The molecule has 5 atom stereocenters. The highest BCUT2D eigenvalue weighted by Gasteiger charge is 2.72. The fourth-order valence-corrected chi connectivity index (χ4v) is 6.80. The lowest BCUT2D eigenvalue weighted by Crippen LogP contribution is -2.56. The fourth-order valence-electron chi connectivity index (χ4n) is 6.53. The lowest BCUT2D eigenvalue weighted by molar-refractivity contribution is -0.142. The maximum atomic E-state index is 14.7. The molecular weight excluding hydrogens is 553 g/mol. The minimum absolute atomic E-state index is 0.0243. The van der Waals surface area contributed by atoms with E-state index in [2.05, 4.69) is 26.6 Å². The molecule has 1 spiro atoms. The number of likely N-dealkylation sites (tertiary alicyclic amines) is 1. The summed E-state index contributed by atoms with van der Waals surface area (Å²) in [6.07, 6.45) is 7.92. The number of anilines is 1. The van der Waals surface area contributed by atoms with Gasteiger partial charge in [-0.25, -0.2) is 4.39 Å². The van der Waals surface area contributed by atoms with Crippen molar-refractivity contribution in [3.05, 3.63) is 76.5 Å². The van der Waals surface area contributed by atoms with E-state index >= 15 is 0 Å². The van der Waals surface area contributed by atoms with E-state index in [0.717, 1.165) is 36.6 Å². The van der Waals surface area contributed by atoms with Crippen LogP contribution < -0.4 is 10.6 Å². The van der Waals surface area contributed by atoms with Crippen LogP contribution in [0.1, 0.15) is 37.7 Å². The Morgan fingerprint density at radius 1 is 1.05 bits per heavy atom. The molecule has 7 nitrogen and oxygen atoms in total. The van der Waals surface area contributed by atoms with Crippen LogP contribution in [0.4, 0.5) is 10.1 Å². The van der Waals surface area contributed by atoms with Crippen molar-refractivity contribution in [2.24, 2.45) is 11.8 Å². The van der Waals surface area contributed by atoms with E-state index in [4.69, 9.17) is 4.74 Å². The molecule has 9 heteroatoms. The van der Waals surface area contributed by atoms with Crippen molar-refractivity contribution in [3.63, 3.8) is 0 Å². The second-order valence-electron chi connectivity index (χ2n) is 10.6. The fraction of sp³-hybridized carbons (Fsp3) is 0.414. The topological polar surface area (TPSA) is 87.7 Å². The highest BCUT2D eigenvalue weighted by molar-refractivity contribution is 9.10. The Balaban J connectivity index is 1.33. The maximum absolute atomic E-state index is 14.7. The van der Waals surface area contributed by atoms with Crippen LogP contribution in [0.5, 0.6) is 0 Å². The first-order valence-electron chi connectivity index (χ1n) is 13.2. The largest absolute Gasteiger partial charge is 0.359 e. The molecular formula is C29H29BrFN3O4. The minimum Gasteiger partial charge on any atom is -0.359 e. The van der Waals surface area contributed by atoms with Crippen LogP contribution in [0.2, 0.25) is 0 Å². The van der Waals surface area contributed by atoms with Gasteiger partial charge in [-0.3, -0.25) is 14.4 Å². The average molecular weight is 582 g/mol. The molecule has 3 fully saturated rings. The number of benzene rings is 2. The summed E-state index contributed by atoms with van der Waals surface area (Å²) in [5.74, 6) is -3.19. The SMILES string of the molecule is O=C(Nc1ccc(Br)cc1)[C@H]1[C@H]2C=C[C@]3(O2)[C@H](C(=O)NC2CCCCC2)N(Cc2ccccc2F)C(=O)[C@@H]13. The highest BCUT2D eigenvalue weighted by Crippen LogP contribution is 2.55. The van der Waals surface area contributed by atoms with Crippen molar-refractivity contribution in [3.8, 4) is 0 Å². The number of ether oxygens (including phenoxy) is 1. The molecule has 2 aromatic carbocycles. The van der Waals surface area contributed by atoms with E-state index in [1.165, 1.54) is 11.0 Å². The molecule has 3 heterocycles. The second kappa shape index (κ2) is 9.93. The van der Waals surface area contributed by atoms with Gasteiger partial charge in [0.2, 0.25) is 17.7 Å². The number of amides is 3. The predicted octanol–water partition coefficient (Wildman–Crippen LogP) is 4.33. The van der Waals surface area contributed by atoms with Gasteiger partial charge in [-0.05, 0) is 43.2 Å². The first-order valence-corrected chi connectivity index (χ1v) is 13.9. The first kappa shape index (κ1) is 25.2. The summed E-state index contributed by atoms with van der Waals surface area (Å²) in [6.45, 7) is -0.0879. The maximum Gasteiger partial charge on any atom is 0.246 e. The van der Waals surface area contributed by atoms with Crippen molar-refractivity contribution in [1.29, 1.82) is 0 Å². The third kappa shape index (κ3) is 4.25. The van der Waals surface area contributed by atoms with Crippen molar-refractivity contribution >= 4 is 39.3 Å².